The van der Waals surface area contributed by atoms with Crippen molar-refractivity contribution in [3.8, 4) is 0 Å². The summed E-state index contributed by atoms with van der Waals surface area (Å²) in [7, 11) is 0. The first-order chi connectivity index (χ1) is 7.66. The maximum Gasteiger partial charge on any atom is 0.251 e. The van der Waals surface area contributed by atoms with Crippen LogP contribution in [-0.2, 0) is 4.79 Å². The highest BCUT2D eigenvalue weighted by Crippen LogP contribution is 2.13. The third-order valence-corrected chi connectivity index (χ3v) is 2.45. The van der Waals surface area contributed by atoms with E-state index in [1.54, 1.807) is 0 Å². The highest BCUT2D eigenvalue weighted by atomic mass is 16.2. The Labute approximate surface area is 94.8 Å². The minimum Gasteiger partial charge on any atom is -0.326 e. The zero-order chi connectivity index (χ0) is 11.5. The Morgan fingerprint density at radius 3 is 2.56 bits per heavy atom. The standard InChI is InChI=1S/C12H15N3O/c1-8(2)10-11(16)15-12(14-10)13-9-6-4-3-5-7-9/h3-8,10H,1-2H3,(H2,13,14,15,16)/t10-/m0/s1. The lowest BCUT2D eigenvalue weighted by atomic mass is 10.1. The van der Waals surface area contributed by atoms with Gasteiger partial charge in [-0.25, -0.2) is 4.99 Å². The number of benzene rings is 1. The van der Waals surface area contributed by atoms with Gasteiger partial charge in [0.05, 0.1) is 0 Å². The van der Waals surface area contributed by atoms with E-state index in [1.165, 1.54) is 0 Å². The monoisotopic (exact) mass is 217 g/mol. The van der Waals surface area contributed by atoms with Gasteiger partial charge in [-0.05, 0) is 18.1 Å². The predicted molar refractivity (Wildman–Crippen MR) is 64.3 cm³/mol. The van der Waals surface area contributed by atoms with Gasteiger partial charge in [-0.3, -0.25) is 10.1 Å². The van der Waals surface area contributed by atoms with Gasteiger partial charge in [-0.2, -0.15) is 0 Å². The number of nitrogens with one attached hydrogen (secondary N) is 2. The molecule has 0 radical (unpaired) electrons. The van der Waals surface area contributed by atoms with E-state index in [0.717, 1.165) is 5.69 Å². The lowest BCUT2D eigenvalue weighted by Crippen LogP contribution is -2.34. The molecule has 0 aromatic heterocycles. The van der Waals surface area contributed by atoms with Crippen LogP contribution in [0.1, 0.15) is 13.8 Å². The van der Waals surface area contributed by atoms with Crippen LogP contribution < -0.4 is 10.6 Å². The van der Waals surface area contributed by atoms with Gasteiger partial charge in [-0.1, -0.05) is 32.0 Å². The molecule has 1 aliphatic heterocycles. The van der Waals surface area contributed by atoms with Crippen LogP contribution in [-0.4, -0.2) is 17.9 Å². The predicted octanol–water partition coefficient (Wildman–Crippen LogP) is 1.61. The molecular formula is C12H15N3O. The number of hydrogen-bond donors (Lipinski definition) is 2. The van der Waals surface area contributed by atoms with Crippen molar-refractivity contribution in [2.75, 3.05) is 5.32 Å². The molecule has 0 bridgehead atoms. The highest BCUT2D eigenvalue weighted by molar-refractivity contribution is 6.10. The van der Waals surface area contributed by atoms with Crippen molar-refractivity contribution >= 4 is 17.6 Å². The molecule has 0 unspecified atom stereocenters. The van der Waals surface area contributed by atoms with Crippen LogP contribution in [0.3, 0.4) is 0 Å². The van der Waals surface area contributed by atoms with Gasteiger partial charge in [0, 0.05) is 5.69 Å². The average molecular weight is 217 g/mol. The number of anilines is 1. The van der Waals surface area contributed by atoms with Gasteiger partial charge in [-0.15, -0.1) is 0 Å². The topological polar surface area (TPSA) is 53.5 Å². The fraction of sp³-hybridized carbons (Fsp3) is 0.333. The second-order valence-electron chi connectivity index (χ2n) is 4.15. The zero-order valence-corrected chi connectivity index (χ0v) is 9.40. The Kier molecular flexibility index (Phi) is 2.90. The number of aliphatic imine (C=N–C) groups is 1. The molecule has 1 aromatic rings. The minimum atomic E-state index is -0.272. The van der Waals surface area contributed by atoms with Crippen molar-refractivity contribution in [1.29, 1.82) is 0 Å². The molecule has 1 heterocycles. The van der Waals surface area contributed by atoms with Gasteiger partial charge in [0.1, 0.15) is 6.04 Å². The summed E-state index contributed by atoms with van der Waals surface area (Å²) >= 11 is 0. The van der Waals surface area contributed by atoms with E-state index in [9.17, 15) is 4.79 Å². The Balaban J connectivity index is 2.08. The molecule has 0 spiro atoms. The van der Waals surface area contributed by atoms with Crippen molar-refractivity contribution in [1.82, 2.24) is 5.32 Å². The Bertz CT molecular complexity index is 412. The summed E-state index contributed by atoms with van der Waals surface area (Å²) in [6.45, 7) is 3.97. The smallest absolute Gasteiger partial charge is 0.251 e. The molecular weight excluding hydrogens is 202 g/mol. The summed E-state index contributed by atoms with van der Waals surface area (Å²) in [5.41, 5.74) is 0.922. The number of guanidine groups is 1. The summed E-state index contributed by atoms with van der Waals surface area (Å²) in [6, 6.07) is 9.39. The molecule has 4 nitrogen and oxygen atoms in total. The Hall–Kier alpha value is -1.84. The molecule has 2 rings (SSSR count). The second kappa shape index (κ2) is 4.35. The number of nitrogens with zero attached hydrogens (tertiary/aromatic N) is 1. The fourth-order valence-electron chi connectivity index (χ4n) is 1.59. The summed E-state index contributed by atoms with van der Waals surface area (Å²) in [4.78, 5) is 15.9. The molecule has 1 aromatic carbocycles. The molecule has 1 aliphatic rings. The normalized spacial score (nSPS) is 19.6. The highest BCUT2D eigenvalue weighted by Gasteiger charge is 2.28. The molecule has 16 heavy (non-hydrogen) atoms. The maximum absolute atomic E-state index is 11.6. The van der Waals surface area contributed by atoms with Crippen molar-refractivity contribution in [3.63, 3.8) is 0 Å². The molecule has 2 N–H and O–H groups in total. The summed E-state index contributed by atoms with van der Waals surface area (Å²) < 4.78 is 0. The Morgan fingerprint density at radius 1 is 1.31 bits per heavy atom. The third-order valence-electron chi connectivity index (χ3n) is 2.45. The largest absolute Gasteiger partial charge is 0.326 e. The lowest BCUT2D eigenvalue weighted by Gasteiger charge is -2.06. The number of para-hydroxylation sites is 1. The second-order valence-corrected chi connectivity index (χ2v) is 4.15. The van der Waals surface area contributed by atoms with Crippen LogP contribution in [0.5, 0.6) is 0 Å². The number of carbonyl (C=O) groups excluding carboxylic acids is 1. The van der Waals surface area contributed by atoms with E-state index in [4.69, 9.17) is 0 Å². The number of hydrogen-bond acceptors (Lipinski definition) is 3. The van der Waals surface area contributed by atoms with E-state index < -0.39 is 0 Å². The van der Waals surface area contributed by atoms with Gasteiger partial charge >= 0.3 is 0 Å². The molecule has 4 heteroatoms. The van der Waals surface area contributed by atoms with E-state index in [0.29, 0.717) is 5.96 Å². The number of carbonyl (C=O) groups is 1. The van der Waals surface area contributed by atoms with Crippen LogP contribution in [0, 0.1) is 5.92 Å². The van der Waals surface area contributed by atoms with Crippen LogP contribution in [0.15, 0.2) is 35.3 Å². The van der Waals surface area contributed by atoms with Gasteiger partial charge in [0.25, 0.3) is 5.91 Å². The lowest BCUT2D eigenvalue weighted by molar-refractivity contribution is -0.120. The van der Waals surface area contributed by atoms with Gasteiger partial charge in [0.15, 0.2) is 0 Å². The van der Waals surface area contributed by atoms with Crippen molar-refractivity contribution < 1.29 is 4.79 Å². The summed E-state index contributed by atoms with van der Waals surface area (Å²) in [6.07, 6.45) is 0. The van der Waals surface area contributed by atoms with Crippen LogP contribution >= 0.6 is 0 Å². The van der Waals surface area contributed by atoms with Crippen LogP contribution in [0.25, 0.3) is 0 Å². The molecule has 84 valence electrons. The summed E-state index contributed by atoms with van der Waals surface area (Å²) in [5.74, 6) is 0.721. The quantitative estimate of drug-likeness (QED) is 0.790. The van der Waals surface area contributed by atoms with Gasteiger partial charge < -0.3 is 5.32 Å². The SMILES string of the molecule is CC(C)[C@@H]1N=C(Nc2ccccc2)NC1=O. The van der Waals surface area contributed by atoms with Crippen LogP contribution in [0.4, 0.5) is 5.69 Å². The first-order valence-electron chi connectivity index (χ1n) is 5.37. The number of amides is 1. The Morgan fingerprint density at radius 2 is 2.00 bits per heavy atom. The first kappa shape index (κ1) is 10.7. The average Bonchev–Trinajstić information content (AvgIpc) is 2.61. The molecule has 0 fully saturated rings. The van der Waals surface area contributed by atoms with Crippen molar-refractivity contribution in [2.24, 2.45) is 10.9 Å². The molecule has 1 atom stereocenters. The molecule has 0 saturated carbocycles. The van der Waals surface area contributed by atoms with E-state index in [2.05, 4.69) is 15.6 Å². The van der Waals surface area contributed by atoms with Crippen molar-refractivity contribution in [3.05, 3.63) is 30.3 Å². The minimum absolute atomic E-state index is 0.0339. The number of rotatable bonds is 2. The van der Waals surface area contributed by atoms with Crippen molar-refractivity contribution in [2.45, 2.75) is 19.9 Å². The van der Waals surface area contributed by atoms with E-state index in [1.807, 2.05) is 44.2 Å². The molecule has 0 saturated heterocycles. The van der Waals surface area contributed by atoms with Gasteiger partial charge in [0.2, 0.25) is 5.96 Å². The summed E-state index contributed by atoms with van der Waals surface area (Å²) in [5, 5.41) is 5.81. The maximum atomic E-state index is 11.6. The fourth-order valence-corrected chi connectivity index (χ4v) is 1.59. The molecule has 1 amide bonds. The molecule has 0 aliphatic carbocycles. The van der Waals surface area contributed by atoms with Crippen LogP contribution in [0.2, 0.25) is 0 Å². The third kappa shape index (κ3) is 2.21. The van der Waals surface area contributed by atoms with E-state index in [-0.39, 0.29) is 17.9 Å². The zero-order valence-electron chi connectivity index (χ0n) is 9.40. The van der Waals surface area contributed by atoms with E-state index >= 15 is 0 Å². The first-order valence-corrected chi connectivity index (χ1v) is 5.37.